The summed E-state index contributed by atoms with van der Waals surface area (Å²) in [6.07, 6.45) is 0. The lowest BCUT2D eigenvalue weighted by Gasteiger charge is -2.10. The van der Waals surface area contributed by atoms with E-state index >= 15 is 0 Å². The highest BCUT2D eigenvalue weighted by Gasteiger charge is 2.09. The van der Waals surface area contributed by atoms with E-state index < -0.39 is 0 Å². The molecular weight excluding hydrogens is 364 g/mol. The Labute approximate surface area is 169 Å². The van der Waals surface area contributed by atoms with Gasteiger partial charge < -0.3 is 16.0 Å². The topological polar surface area (TPSA) is 94.0 Å². The van der Waals surface area contributed by atoms with Crippen LogP contribution in [0, 0.1) is 18.3 Å². The minimum atomic E-state index is -0.357. The van der Waals surface area contributed by atoms with E-state index in [0.29, 0.717) is 29.0 Å². The summed E-state index contributed by atoms with van der Waals surface area (Å²) in [4.78, 5) is 24.6. The molecule has 0 unspecified atom stereocenters. The molecule has 0 fully saturated rings. The monoisotopic (exact) mass is 384 g/mol. The maximum atomic E-state index is 12.5. The lowest BCUT2D eigenvalue weighted by molar-refractivity contribution is 0.102. The molecule has 3 N–H and O–H groups in total. The summed E-state index contributed by atoms with van der Waals surface area (Å²) in [7, 11) is 0. The van der Waals surface area contributed by atoms with E-state index in [4.69, 9.17) is 5.26 Å². The summed E-state index contributed by atoms with van der Waals surface area (Å²) in [5.74, 6) is -0.330. The number of benzene rings is 3. The largest absolute Gasteiger partial charge is 0.334 e. The second kappa shape index (κ2) is 9.20. The normalized spacial score (nSPS) is 9.93. The standard InChI is InChI=1S/C23H20N4O2/c1-16-8-10-17(11-9-16)15-25-23(29)27-21-7-3-5-19(13-21)22(28)26-20-6-2-4-18(12-20)14-24/h2-13H,15H2,1H3,(H,26,28)(H2,25,27,29). The van der Waals surface area contributed by atoms with E-state index in [2.05, 4.69) is 16.0 Å². The molecule has 0 radical (unpaired) electrons. The zero-order chi connectivity index (χ0) is 20.6. The number of amides is 3. The molecule has 3 aromatic rings. The molecule has 6 nitrogen and oxygen atoms in total. The minimum Gasteiger partial charge on any atom is -0.334 e. The third kappa shape index (κ3) is 5.68. The SMILES string of the molecule is Cc1ccc(CNC(=O)Nc2cccc(C(=O)Nc3cccc(C#N)c3)c2)cc1. The molecule has 0 spiro atoms. The number of carbonyl (C=O) groups excluding carboxylic acids is 2. The zero-order valence-corrected chi connectivity index (χ0v) is 15.9. The van der Waals surface area contributed by atoms with Crippen molar-refractivity contribution >= 4 is 23.3 Å². The number of rotatable bonds is 5. The third-order valence-corrected chi connectivity index (χ3v) is 4.21. The number of hydrogen-bond donors (Lipinski definition) is 3. The average Bonchev–Trinajstić information content (AvgIpc) is 2.73. The van der Waals surface area contributed by atoms with Crippen molar-refractivity contribution in [2.75, 3.05) is 10.6 Å². The molecule has 0 aliphatic carbocycles. The molecule has 0 heterocycles. The smallest absolute Gasteiger partial charge is 0.319 e. The van der Waals surface area contributed by atoms with Crippen molar-refractivity contribution in [1.29, 1.82) is 5.26 Å². The van der Waals surface area contributed by atoms with Gasteiger partial charge in [-0.3, -0.25) is 4.79 Å². The molecule has 0 atom stereocenters. The van der Waals surface area contributed by atoms with E-state index in [1.54, 1.807) is 48.5 Å². The molecule has 0 aliphatic heterocycles. The molecular formula is C23H20N4O2. The van der Waals surface area contributed by atoms with Crippen molar-refractivity contribution in [2.45, 2.75) is 13.5 Å². The quantitative estimate of drug-likeness (QED) is 0.607. The number of urea groups is 1. The fraction of sp³-hybridized carbons (Fsp3) is 0.0870. The summed E-state index contributed by atoms with van der Waals surface area (Å²) in [6, 6.07) is 22.9. The zero-order valence-electron chi connectivity index (χ0n) is 15.9. The number of anilines is 2. The highest BCUT2D eigenvalue weighted by Crippen LogP contribution is 2.15. The van der Waals surface area contributed by atoms with Crippen molar-refractivity contribution in [3.05, 3.63) is 95.1 Å². The number of nitrogens with one attached hydrogen (secondary N) is 3. The lowest BCUT2D eigenvalue weighted by Crippen LogP contribution is -2.28. The van der Waals surface area contributed by atoms with E-state index in [1.807, 2.05) is 37.3 Å². The molecule has 0 saturated carbocycles. The first-order valence-corrected chi connectivity index (χ1v) is 9.05. The Balaban J connectivity index is 1.59. The number of carbonyl (C=O) groups is 2. The van der Waals surface area contributed by atoms with Crippen LogP contribution in [-0.2, 0) is 6.54 Å². The van der Waals surface area contributed by atoms with Gasteiger partial charge in [-0.2, -0.15) is 5.26 Å². The molecule has 3 amide bonds. The predicted octanol–water partition coefficient (Wildman–Crippen LogP) is 4.44. The van der Waals surface area contributed by atoms with Crippen LogP contribution in [0.1, 0.15) is 27.0 Å². The highest BCUT2D eigenvalue weighted by atomic mass is 16.2. The molecule has 3 aromatic carbocycles. The first-order valence-electron chi connectivity index (χ1n) is 9.05. The van der Waals surface area contributed by atoms with Crippen LogP contribution in [0.25, 0.3) is 0 Å². The van der Waals surface area contributed by atoms with Gasteiger partial charge in [-0.25, -0.2) is 4.79 Å². The van der Waals surface area contributed by atoms with Gasteiger partial charge in [-0.15, -0.1) is 0 Å². The fourth-order valence-corrected chi connectivity index (χ4v) is 2.67. The minimum absolute atomic E-state index is 0.330. The van der Waals surface area contributed by atoms with Crippen molar-refractivity contribution < 1.29 is 9.59 Å². The Morgan fingerprint density at radius 2 is 1.59 bits per heavy atom. The first-order chi connectivity index (χ1) is 14.0. The maximum Gasteiger partial charge on any atom is 0.319 e. The molecule has 6 heteroatoms. The second-order valence-corrected chi connectivity index (χ2v) is 6.52. The summed E-state index contributed by atoms with van der Waals surface area (Å²) in [6.45, 7) is 2.41. The Morgan fingerprint density at radius 3 is 2.31 bits per heavy atom. The Bertz CT molecular complexity index is 1070. The van der Waals surface area contributed by atoms with Gasteiger partial charge in [0.25, 0.3) is 5.91 Å². The van der Waals surface area contributed by atoms with Crippen LogP contribution in [0.15, 0.2) is 72.8 Å². The summed E-state index contributed by atoms with van der Waals surface area (Å²) >= 11 is 0. The second-order valence-electron chi connectivity index (χ2n) is 6.52. The fourth-order valence-electron chi connectivity index (χ4n) is 2.67. The van der Waals surface area contributed by atoms with E-state index in [1.165, 1.54) is 0 Å². The Hall–Kier alpha value is -4.11. The first kappa shape index (κ1) is 19.6. The molecule has 0 bridgehead atoms. The van der Waals surface area contributed by atoms with Crippen molar-refractivity contribution in [3.63, 3.8) is 0 Å². The van der Waals surface area contributed by atoms with Crippen molar-refractivity contribution in [1.82, 2.24) is 5.32 Å². The van der Waals surface area contributed by atoms with E-state index in [-0.39, 0.29) is 11.9 Å². The van der Waals surface area contributed by atoms with Gasteiger partial charge in [0, 0.05) is 23.5 Å². The van der Waals surface area contributed by atoms with Gasteiger partial charge in [0.1, 0.15) is 0 Å². The van der Waals surface area contributed by atoms with Crippen LogP contribution >= 0.6 is 0 Å². The van der Waals surface area contributed by atoms with Crippen molar-refractivity contribution in [2.24, 2.45) is 0 Å². The Kier molecular flexibility index (Phi) is 6.23. The molecule has 29 heavy (non-hydrogen) atoms. The maximum absolute atomic E-state index is 12.5. The average molecular weight is 384 g/mol. The van der Waals surface area contributed by atoms with Crippen molar-refractivity contribution in [3.8, 4) is 6.07 Å². The third-order valence-electron chi connectivity index (χ3n) is 4.21. The highest BCUT2D eigenvalue weighted by molar-refractivity contribution is 6.05. The molecule has 0 aromatic heterocycles. The van der Waals surface area contributed by atoms with E-state index in [0.717, 1.165) is 11.1 Å². The van der Waals surface area contributed by atoms with Crippen LogP contribution in [0.2, 0.25) is 0 Å². The van der Waals surface area contributed by atoms with Gasteiger partial charge >= 0.3 is 6.03 Å². The van der Waals surface area contributed by atoms with E-state index in [9.17, 15) is 9.59 Å². The predicted molar refractivity (Wildman–Crippen MR) is 113 cm³/mol. The van der Waals surface area contributed by atoms with Crippen LogP contribution in [0.3, 0.4) is 0 Å². The molecule has 0 aliphatic rings. The van der Waals surface area contributed by atoms with Gasteiger partial charge in [0.05, 0.1) is 11.6 Å². The summed E-state index contributed by atoms with van der Waals surface area (Å²) < 4.78 is 0. The molecule has 3 rings (SSSR count). The lowest BCUT2D eigenvalue weighted by atomic mass is 10.1. The summed E-state index contributed by atoms with van der Waals surface area (Å²) in [5.41, 5.74) is 4.05. The van der Waals surface area contributed by atoms with Crippen LogP contribution < -0.4 is 16.0 Å². The number of nitrogens with zero attached hydrogens (tertiary/aromatic N) is 1. The molecule has 0 saturated heterocycles. The van der Waals surface area contributed by atoms with Crippen LogP contribution in [0.5, 0.6) is 0 Å². The Morgan fingerprint density at radius 1 is 0.897 bits per heavy atom. The number of hydrogen-bond acceptors (Lipinski definition) is 3. The molecule has 144 valence electrons. The van der Waals surface area contributed by atoms with Gasteiger partial charge in [0.2, 0.25) is 0 Å². The summed E-state index contributed by atoms with van der Waals surface area (Å²) in [5, 5.41) is 17.2. The van der Waals surface area contributed by atoms with Gasteiger partial charge in [-0.1, -0.05) is 42.0 Å². The van der Waals surface area contributed by atoms with Gasteiger partial charge in [-0.05, 0) is 48.9 Å². The van der Waals surface area contributed by atoms with Crippen LogP contribution in [0.4, 0.5) is 16.2 Å². The number of nitriles is 1. The van der Waals surface area contributed by atoms with Crippen LogP contribution in [-0.4, -0.2) is 11.9 Å². The van der Waals surface area contributed by atoms with Gasteiger partial charge in [0.15, 0.2) is 0 Å². The number of aryl methyl sites for hydroxylation is 1.